The van der Waals surface area contributed by atoms with E-state index in [0.717, 1.165) is 11.3 Å². The summed E-state index contributed by atoms with van der Waals surface area (Å²) in [5, 5.41) is 4.82. The summed E-state index contributed by atoms with van der Waals surface area (Å²) < 4.78 is 21.6. The molecule has 1 heterocycles. The van der Waals surface area contributed by atoms with Crippen molar-refractivity contribution in [1.82, 2.24) is 10.3 Å². The lowest BCUT2D eigenvalue weighted by atomic mass is 10.1. The molecule has 0 bridgehead atoms. The van der Waals surface area contributed by atoms with Crippen molar-refractivity contribution < 1.29 is 23.7 Å². The van der Waals surface area contributed by atoms with Gasteiger partial charge in [0.25, 0.3) is 5.91 Å². The van der Waals surface area contributed by atoms with E-state index in [-0.39, 0.29) is 12.5 Å². The second-order valence-electron chi connectivity index (χ2n) is 5.99. The van der Waals surface area contributed by atoms with Crippen LogP contribution in [0.3, 0.4) is 0 Å². The van der Waals surface area contributed by atoms with Crippen molar-refractivity contribution in [1.29, 1.82) is 0 Å². The molecule has 3 aromatic rings. The zero-order valence-electron chi connectivity index (χ0n) is 16.4. The molecule has 0 aliphatic rings. The summed E-state index contributed by atoms with van der Waals surface area (Å²) in [6.07, 6.45) is 0. The Morgan fingerprint density at radius 2 is 1.69 bits per heavy atom. The van der Waals surface area contributed by atoms with Gasteiger partial charge in [-0.25, -0.2) is 4.98 Å². The van der Waals surface area contributed by atoms with Gasteiger partial charge in [-0.05, 0) is 30.3 Å². The molecule has 0 atom stereocenters. The lowest BCUT2D eigenvalue weighted by Gasteiger charge is -2.14. The lowest BCUT2D eigenvalue weighted by Crippen LogP contribution is -2.23. The molecule has 152 valence electrons. The normalized spacial score (nSPS) is 10.3. The molecular formula is C21H22N2O5S. The first-order chi connectivity index (χ1) is 14.1. The highest BCUT2D eigenvalue weighted by Gasteiger charge is 2.13. The van der Waals surface area contributed by atoms with Crippen LogP contribution >= 0.6 is 11.3 Å². The largest absolute Gasteiger partial charge is 0.496 e. The Labute approximate surface area is 173 Å². The molecule has 0 aliphatic heterocycles. The van der Waals surface area contributed by atoms with Crippen LogP contribution < -0.4 is 24.3 Å². The fourth-order valence-electron chi connectivity index (χ4n) is 2.68. The van der Waals surface area contributed by atoms with Crippen LogP contribution in [0.5, 0.6) is 23.0 Å². The molecule has 29 heavy (non-hydrogen) atoms. The molecule has 1 aromatic heterocycles. The molecule has 0 saturated carbocycles. The number of rotatable bonds is 9. The molecule has 0 saturated heterocycles. The first-order valence-corrected chi connectivity index (χ1v) is 9.76. The first kappa shape index (κ1) is 20.5. The molecule has 0 unspecified atom stereocenters. The van der Waals surface area contributed by atoms with Gasteiger partial charge in [-0.2, -0.15) is 0 Å². The van der Waals surface area contributed by atoms with E-state index >= 15 is 0 Å². The highest BCUT2D eigenvalue weighted by molar-refractivity contribution is 7.07. The number of amides is 1. The van der Waals surface area contributed by atoms with E-state index in [1.807, 2.05) is 5.38 Å². The maximum Gasteiger partial charge on any atom is 0.251 e. The Hall–Kier alpha value is -3.26. The fourth-order valence-corrected chi connectivity index (χ4v) is 3.22. The van der Waals surface area contributed by atoms with Gasteiger partial charge in [0.05, 0.1) is 32.5 Å². The number of benzene rings is 2. The van der Waals surface area contributed by atoms with Crippen molar-refractivity contribution in [2.24, 2.45) is 0 Å². The van der Waals surface area contributed by atoms with Crippen LogP contribution in [0.1, 0.15) is 21.6 Å². The molecule has 1 amide bonds. The van der Waals surface area contributed by atoms with Crippen LogP contribution in [-0.4, -0.2) is 32.2 Å². The van der Waals surface area contributed by atoms with E-state index < -0.39 is 0 Å². The molecule has 8 heteroatoms. The Bertz CT molecular complexity index is 942. The zero-order chi connectivity index (χ0) is 20.6. The van der Waals surface area contributed by atoms with Crippen LogP contribution in [0.4, 0.5) is 0 Å². The van der Waals surface area contributed by atoms with E-state index in [1.165, 1.54) is 11.3 Å². The molecular weight excluding hydrogens is 392 g/mol. The molecule has 0 aliphatic carbocycles. The number of aromatic nitrogens is 1. The van der Waals surface area contributed by atoms with Crippen LogP contribution in [-0.2, 0) is 13.2 Å². The van der Waals surface area contributed by atoms with Crippen molar-refractivity contribution in [3.63, 3.8) is 0 Å². The quantitative estimate of drug-likeness (QED) is 0.576. The predicted octanol–water partition coefficient (Wildman–Crippen LogP) is 3.68. The number of ether oxygens (including phenoxy) is 4. The van der Waals surface area contributed by atoms with Gasteiger partial charge in [0.15, 0.2) is 11.5 Å². The number of methoxy groups -OCH3 is 3. The van der Waals surface area contributed by atoms with Crippen LogP contribution in [0.25, 0.3) is 0 Å². The van der Waals surface area contributed by atoms with Crippen molar-refractivity contribution in [2.45, 2.75) is 13.2 Å². The van der Waals surface area contributed by atoms with Crippen LogP contribution in [0, 0.1) is 0 Å². The summed E-state index contributed by atoms with van der Waals surface area (Å²) in [5.74, 6) is 2.21. The van der Waals surface area contributed by atoms with Gasteiger partial charge in [0.2, 0.25) is 0 Å². The summed E-state index contributed by atoms with van der Waals surface area (Å²) in [6.45, 7) is 0.679. The van der Waals surface area contributed by atoms with Crippen molar-refractivity contribution in [3.05, 3.63) is 64.1 Å². The molecule has 3 rings (SSSR count). The van der Waals surface area contributed by atoms with E-state index in [1.54, 1.807) is 63.2 Å². The fraction of sp³-hybridized carbons (Fsp3) is 0.238. The minimum Gasteiger partial charge on any atom is -0.496 e. The van der Waals surface area contributed by atoms with E-state index in [2.05, 4.69) is 10.3 Å². The Balaban J connectivity index is 1.61. The monoisotopic (exact) mass is 414 g/mol. The third kappa shape index (κ3) is 5.17. The predicted molar refractivity (Wildman–Crippen MR) is 110 cm³/mol. The lowest BCUT2D eigenvalue weighted by molar-refractivity contribution is 0.0950. The highest BCUT2D eigenvalue weighted by atomic mass is 32.1. The summed E-state index contributed by atoms with van der Waals surface area (Å²) in [5.41, 5.74) is 3.95. The molecule has 2 aromatic carbocycles. The minimum atomic E-state index is -0.201. The van der Waals surface area contributed by atoms with Gasteiger partial charge in [-0.3, -0.25) is 4.79 Å². The Kier molecular flexibility index (Phi) is 6.91. The number of carbonyl (C=O) groups is 1. The van der Waals surface area contributed by atoms with Gasteiger partial charge in [0, 0.05) is 29.1 Å². The van der Waals surface area contributed by atoms with Gasteiger partial charge >= 0.3 is 0 Å². The number of hydrogen-bond acceptors (Lipinski definition) is 7. The number of nitrogens with zero attached hydrogens (tertiary/aromatic N) is 1. The smallest absolute Gasteiger partial charge is 0.251 e. The van der Waals surface area contributed by atoms with Crippen LogP contribution in [0.15, 0.2) is 47.3 Å². The van der Waals surface area contributed by atoms with Crippen molar-refractivity contribution >= 4 is 17.2 Å². The summed E-state index contributed by atoms with van der Waals surface area (Å²) in [7, 11) is 4.69. The van der Waals surface area contributed by atoms with Crippen LogP contribution in [0.2, 0.25) is 0 Å². The Morgan fingerprint density at radius 1 is 1.00 bits per heavy atom. The van der Waals surface area contributed by atoms with E-state index in [0.29, 0.717) is 35.2 Å². The van der Waals surface area contributed by atoms with E-state index in [9.17, 15) is 4.79 Å². The third-order valence-corrected chi connectivity index (χ3v) is 4.85. The van der Waals surface area contributed by atoms with Crippen molar-refractivity contribution in [2.75, 3.05) is 21.3 Å². The number of nitrogens with one attached hydrogen (secondary N) is 1. The maximum absolute atomic E-state index is 12.5. The van der Waals surface area contributed by atoms with Gasteiger partial charge in [-0.1, -0.05) is 0 Å². The topological polar surface area (TPSA) is 78.9 Å². The summed E-state index contributed by atoms with van der Waals surface area (Å²) in [4.78, 5) is 16.7. The molecule has 0 radical (unpaired) electrons. The molecule has 7 nitrogen and oxygen atoms in total. The average molecular weight is 414 g/mol. The molecule has 0 spiro atoms. The third-order valence-electron chi connectivity index (χ3n) is 4.21. The summed E-state index contributed by atoms with van der Waals surface area (Å²) >= 11 is 1.52. The minimum absolute atomic E-state index is 0.201. The second-order valence-corrected chi connectivity index (χ2v) is 6.71. The Morgan fingerprint density at radius 3 is 2.31 bits per heavy atom. The number of carbonyl (C=O) groups excluding carboxylic acids is 1. The SMILES string of the molecule is COc1cc(OC)c(OC)cc1CNC(=O)c1ccc(OCc2cscn2)cc1. The van der Waals surface area contributed by atoms with Gasteiger partial charge in [0.1, 0.15) is 18.1 Å². The number of hydrogen-bond donors (Lipinski definition) is 1. The number of thiazole rings is 1. The first-order valence-electron chi connectivity index (χ1n) is 8.81. The summed E-state index contributed by atoms with van der Waals surface area (Å²) in [6, 6.07) is 10.5. The van der Waals surface area contributed by atoms with Gasteiger partial charge in [-0.15, -0.1) is 11.3 Å². The molecule has 1 N–H and O–H groups in total. The van der Waals surface area contributed by atoms with Gasteiger partial charge < -0.3 is 24.3 Å². The second kappa shape index (κ2) is 9.79. The zero-order valence-corrected chi connectivity index (χ0v) is 17.2. The maximum atomic E-state index is 12.5. The highest BCUT2D eigenvalue weighted by Crippen LogP contribution is 2.34. The van der Waals surface area contributed by atoms with E-state index in [4.69, 9.17) is 18.9 Å². The standard InChI is InChI=1S/C21H22N2O5S/c1-25-18-9-20(27-3)19(26-2)8-15(18)10-22-21(24)14-4-6-17(7-5-14)28-11-16-12-29-13-23-16/h4-9,12-13H,10-11H2,1-3H3,(H,22,24). The van der Waals surface area contributed by atoms with Crippen molar-refractivity contribution in [3.8, 4) is 23.0 Å². The average Bonchev–Trinajstić information content (AvgIpc) is 3.29. The molecule has 0 fully saturated rings.